The Hall–Kier alpha value is -1.84. The first-order valence-corrected chi connectivity index (χ1v) is 3.94. The summed E-state index contributed by atoms with van der Waals surface area (Å²) in [5, 5.41) is 19.5. The van der Waals surface area contributed by atoms with Crippen LogP contribution in [-0.4, -0.2) is 40.4 Å². The van der Waals surface area contributed by atoms with Crippen LogP contribution in [-0.2, 0) is 14.1 Å². The van der Waals surface area contributed by atoms with E-state index in [1.807, 2.05) is 0 Å². The van der Waals surface area contributed by atoms with E-state index in [-0.39, 0.29) is 0 Å². The third-order valence-corrected chi connectivity index (χ3v) is 1.63. The van der Waals surface area contributed by atoms with Crippen LogP contribution in [0.5, 0.6) is 0 Å². The van der Waals surface area contributed by atoms with E-state index >= 15 is 0 Å². The van der Waals surface area contributed by atoms with Gasteiger partial charge in [0.2, 0.25) is 10.7 Å². The quantitative estimate of drug-likeness (QED) is 0.522. The molecule has 10 heteroatoms. The van der Waals surface area contributed by atoms with E-state index < -0.39 is 0 Å². The molecular weight excluding hydrogens is 206 g/mol. The first-order valence-electron chi connectivity index (χ1n) is 3.53. The van der Waals surface area contributed by atoms with Gasteiger partial charge in [-0.1, -0.05) is 15.4 Å². The molecule has 76 valence electrons. The highest BCUT2D eigenvalue weighted by molar-refractivity contribution is 7.71. The minimum atomic E-state index is 0.333. The number of anilines is 1. The van der Waals surface area contributed by atoms with E-state index in [1.165, 1.54) is 4.68 Å². The minimum Gasteiger partial charge on any atom is -0.367 e. The Morgan fingerprint density at radius 1 is 1.36 bits per heavy atom. The number of nitrogens with two attached hydrogens (primary N) is 1. The molecule has 0 spiro atoms. The molecule has 0 amide bonds. The van der Waals surface area contributed by atoms with Gasteiger partial charge in [0.05, 0.1) is 0 Å². The molecule has 0 radical (unpaired) electrons. The lowest BCUT2D eigenvalue weighted by Gasteiger charge is -1.81. The van der Waals surface area contributed by atoms with Crippen LogP contribution in [0.4, 0.5) is 5.95 Å². The maximum absolute atomic E-state index is 5.17. The molecular formula is C4H9N9S. The van der Waals surface area contributed by atoms with Crippen LogP contribution in [0.1, 0.15) is 0 Å². The van der Waals surface area contributed by atoms with E-state index in [4.69, 9.17) is 5.73 Å². The fraction of sp³-hybridized carbons (Fsp3) is 0.500. The van der Waals surface area contributed by atoms with E-state index in [1.54, 1.807) is 18.8 Å². The zero-order chi connectivity index (χ0) is 10.6. The first-order chi connectivity index (χ1) is 6.61. The van der Waals surface area contributed by atoms with Gasteiger partial charge in [0.1, 0.15) is 0 Å². The van der Waals surface area contributed by atoms with Crippen LogP contribution in [0.3, 0.4) is 0 Å². The van der Waals surface area contributed by atoms with E-state index in [0.717, 1.165) is 0 Å². The van der Waals surface area contributed by atoms with Gasteiger partial charge in [0, 0.05) is 14.1 Å². The lowest BCUT2D eigenvalue weighted by Crippen LogP contribution is -1.97. The predicted molar refractivity (Wildman–Crippen MR) is 49.4 cm³/mol. The fourth-order valence-electron chi connectivity index (χ4n) is 0.478. The van der Waals surface area contributed by atoms with Gasteiger partial charge < -0.3 is 5.73 Å². The number of aromatic nitrogens is 8. The Kier molecular flexibility index (Phi) is 3.23. The van der Waals surface area contributed by atoms with Gasteiger partial charge in [0.15, 0.2) is 0 Å². The number of hydrogen-bond donors (Lipinski definition) is 2. The second kappa shape index (κ2) is 4.41. The van der Waals surface area contributed by atoms with Gasteiger partial charge in [-0.15, -0.1) is 0 Å². The van der Waals surface area contributed by atoms with Crippen molar-refractivity contribution in [1.82, 2.24) is 40.4 Å². The summed E-state index contributed by atoms with van der Waals surface area (Å²) in [5.74, 6) is 0.333. The average molecular weight is 215 g/mol. The number of aryl methyl sites for hydroxylation is 2. The Labute approximate surface area is 83.9 Å². The normalized spacial score (nSPS) is 9.29. The van der Waals surface area contributed by atoms with Crippen LogP contribution >= 0.6 is 12.2 Å². The molecule has 0 saturated carbocycles. The standard InChI is InChI=1S/C2H5N5.C2H4N4S/c1-7-2(3)4-5-6-7;1-6-2(7)3-4-5-6/h1H3,(H2,3,4,6);1H3,(H,3,5,7). The Bertz CT molecular complexity index is 421. The number of tetrazole rings is 2. The first kappa shape index (κ1) is 10.2. The minimum absolute atomic E-state index is 0.333. The third kappa shape index (κ3) is 2.58. The van der Waals surface area contributed by atoms with Crippen molar-refractivity contribution in [3.63, 3.8) is 0 Å². The summed E-state index contributed by atoms with van der Waals surface area (Å²) in [5.41, 5.74) is 5.17. The van der Waals surface area contributed by atoms with Crippen molar-refractivity contribution >= 4 is 18.2 Å². The second-order valence-electron chi connectivity index (χ2n) is 2.30. The monoisotopic (exact) mass is 215 g/mol. The Balaban J connectivity index is 0.000000140. The van der Waals surface area contributed by atoms with E-state index in [2.05, 4.69) is 43.3 Å². The summed E-state index contributed by atoms with van der Waals surface area (Å²) in [7, 11) is 3.43. The van der Waals surface area contributed by atoms with Crippen molar-refractivity contribution in [1.29, 1.82) is 0 Å². The molecule has 2 heterocycles. The molecule has 2 rings (SSSR count). The van der Waals surface area contributed by atoms with Gasteiger partial charge >= 0.3 is 0 Å². The molecule has 2 aromatic heterocycles. The maximum Gasteiger partial charge on any atom is 0.240 e. The largest absolute Gasteiger partial charge is 0.367 e. The van der Waals surface area contributed by atoms with E-state index in [0.29, 0.717) is 10.7 Å². The van der Waals surface area contributed by atoms with Crippen molar-refractivity contribution in [2.45, 2.75) is 0 Å². The fourth-order valence-corrected chi connectivity index (χ4v) is 0.560. The van der Waals surface area contributed by atoms with Crippen LogP contribution in [0.15, 0.2) is 0 Å². The van der Waals surface area contributed by atoms with Crippen molar-refractivity contribution in [3.8, 4) is 0 Å². The molecule has 0 atom stereocenters. The topological polar surface area (TPSA) is 116 Å². The lowest BCUT2D eigenvalue weighted by atomic mass is 11.0. The van der Waals surface area contributed by atoms with Gasteiger partial charge in [0.25, 0.3) is 0 Å². The number of hydrogen-bond acceptors (Lipinski definition) is 7. The molecule has 0 saturated heterocycles. The van der Waals surface area contributed by atoms with E-state index in [9.17, 15) is 0 Å². The summed E-state index contributed by atoms with van der Waals surface area (Å²) >= 11 is 4.64. The molecule has 0 aliphatic rings. The third-order valence-electron chi connectivity index (χ3n) is 1.27. The van der Waals surface area contributed by atoms with Crippen LogP contribution < -0.4 is 5.73 Å². The Morgan fingerprint density at radius 2 is 2.07 bits per heavy atom. The molecule has 0 aliphatic carbocycles. The second-order valence-corrected chi connectivity index (χ2v) is 2.67. The molecule has 3 N–H and O–H groups in total. The number of nitrogens with zero attached hydrogens (tertiary/aromatic N) is 7. The smallest absolute Gasteiger partial charge is 0.240 e. The molecule has 0 unspecified atom stereocenters. The summed E-state index contributed by atoms with van der Waals surface area (Å²) in [6.45, 7) is 0. The lowest BCUT2D eigenvalue weighted by molar-refractivity contribution is 0.705. The molecule has 9 nitrogen and oxygen atoms in total. The van der Waals surface area contributed by atoms with Crippen LogP contribution in [0.25, 0.3) is 0 Å². The van der Waals surface area contributed by atoms with Crippen molar-refractivity contribution in [3.05, 3.63) is 4.77 Å². The molecule has 0 bridgehead atoms. The summed E-state index contributed by atoms with van der Waals surface area (Å²) in [4.78, 5) is 0. The highest BCUT2D eigenvalue weighted by atomic mass is 32.1. The van der Waals surface area contributed by atoms with Crippen LogP contribution in [0, 0.1) is 4.77 Å². The molecule has 2 aromatic rings. The number of nitrogens with one attached hydrogen (secondary N) is 1. The highest BCUT2D eigenvalue weighted by Crippen LogP contribution is 1.82. The van der Waals surface area contributed by atoms with Crippen molar-refractivity contribution in [2.75, 3.05) is 5.73 Å². The number of rotatable bonds is 0. The molecule has 0 fully saturated rings. The van der Waals surface area contributed by atoms with Crippen LogP contribution in [0.2, 0.25) is 0 Å². The van der Waals surface area contributed by atoms with Gasteiger partial charge in [-0.3, -0.25) is 0 Å². The van der Waals surface area contributed by atoms with Crippen molar-refractivity contribution in [2.24, 2.45) is 14.1 Å². The Morgan fingerprint density at radius 3 is 2.21 bits per heavy atom. The predicted octanol–water partition coefficient (Wildman–Crippen LogP) is -1.34. The number of nitrogen functional groups attached to an aromatic ring is 1. The number of H-pyrrole nitrogens is 1. The summed E-state index contributed by atoms with van der Waals surface area (Å²) in [6, 6.07) is 0. The summed E-state index contributed by atoms with van der Waals surface area (Å²) in [6.07, 6.45) is 0. The average Bonchev–Trinajstić information content (AvgIpc) is 2.67. The zero-order valence-corrected chi connectivity index (χ0v) is 8.43. The SMILES string of the molecule is Cn1[nH]nnc1=S.Cn1nnnc1N. The highest BCUT2D eigenvalue weighted by Gasteiger charge is 1.88. The molecule has 0 aromatic carbocycles. The number of aromatic amines is 1. The molecule has 14 heavy (non-hydrogen) atoms. The molecule has 0 aliphatic heterocycles. The van der Waals surface area contributed by atoms with Gasteiger partial charge in [-0.2, -0.15) is 5.21 Å². The zero-order valence-electron chi connectivity index (χ0n) is 7.62. The van der Waals surface area contributed by atoms with Crippen molar-refractivity contribution < 1.29 is 0 Å². The maximum atomic E-state index is 5.17. The summed E-state index contributed by atoms with van der Waals surface area (Å²) < 4.78 is 3.41. The van der Waals surface area contributed by atoms with Gasteiger partial charge in [-0.05, 0) is 22.6 Å². The van der Waals surface area contributed by atoms with Gasteiger partial charge in [-0.25, -0.2) is 9.36 Å².